The molecule has 1 aliphatic heterocycles. The first kappa shape index (κ1) is 13.5. The normalized spacial score (nSPS) is 25.3. The highest BCUT2D eigenvalue weighted by Crippen LogP contribution is 2.23. The van der Waals surface area contributed by atoms with Crippen molar-refractivity contribution in [1.29, 1.82) is 0 Å². The molecule has 1 heterocycles. The summed E-state index contributed by atoms with van der Waals surface area (Å²) in [7, 11) is 0. The Bertz CT molecular complexity index is 395. The lowest BCUT2D eigenvalue weighted by Gasteiger charge is -2.35. The molecular formula is C15H23FN2. The van der Waals surface area contributed by atoms with Crippen molar-refractivity contribution < 1.29 is 4.39 Å². The van der Waals surface area contributed by atoms with E-state index in [9.17, 15) is 4.39 Å². The fraction of sp³-hybridized carbons (Fsp3) is 0.600. The molecule has 2 N–H and O–H groups in total. The maximum absolute atomic E-state index is 13.4. The lowest BCUT2D eigenvalue weighted by molar-refractivity contribution is 0.134. The predicted octanol–water partition coefficient (Wildman–Crippen LogP) is 2.76. The van der Waals surface area contributed by atoms with Crippen molar-refractivity contribution in [3.8, 4) is 0 Å². The van der Waals surface area contributed by atoms with Crippen molar-refractivity contribution in [1.82, 2.24) is 4.90 Å². The van der Waals surface area contributed by atoms with E-state index >= 15 is 0 Å². The molecule has 0 aromatic heterocycles. The van der Waals surface area contributed by atoms with Gasteiger partial charge >= 0.3 is 0 Å². The molecular weight excluding hydrogens is 227 g/mol. The molecule has 0 bridgehead atoms. The third-order valence-electron chi connectivity index (χ3n) is 3.60. The first-order valence-electron chi connectivity index (χ1n) is 6.77. The van der Waals surface area contributed by atoms with Crippen molar-refractivity contribution in [3.05, 3.63) is 35.1 Å². The van der Waals surface area contributed by atoms with Crippen LogP contribution in [0.2, 0.25) is 0 Å². The quantitative estimate of drug-likeness (QED) is 0.893. The molecule has 1 aromatic rings. The summed E-state index contributed by atoms with van der Waals surface area (Å²) in [4.78, 5) is 2.42. The van der Waals surface area contributed by atoms with Gasteiger partial charge in [0.25, 0.3) is 0 Å². The minimum Gasteiger partial charge on any atom is -0.326 e. The fourth-order valence-corrected chi connectivity index (χ4v) is 3.11. The molecule has 0 spiro atoms. The third kappa shape index (κ3) is 3.53. The van der Waals surface area contributed by atoms with Crippen LogP contribution < -0.4 is 5.73 Å². The SMILES string of the molecule is CC1CC(C)CN(Cc2cc(F)cc(CN)c2)C1. The molecule has 2 unspecified atom stereocenters. The van der Waals surface area contributed by atoms with E-state index in [0.717, 1.165) is 42.6 Å². The summed E-state index contributed by atoms with van der Waals surface area (Å²) in [5.74, 6) is 1.29. The second-order valence-electron chi connectivity index (χ2n) is 5.81. The van der Waals surface area contributed by atoms with E-state index in [2.05, 4.69) is 18.7 Å². The molecule has 1 aromatic carbocycles. The topological polar surface area (TPSA) is 29.3 Å². The van der Waals surface area contributed by atoms with Crippen LogP contribution in [0.25, 0.3) is 0 Å². The van der Waals surface area contributed by atoms with Gasteiger partial charge in [0.2, 0.25) is 0 Å². The molecule has 2 atom stereocenters. The maximum Gasteiger partial charge on any atom is 0.123 e. The second kappa shape index (κ2) is 5.81. The Kier molecular flexibility index (Phi) is 4.36. The van der Waals surface area contributed by atoms with E-state index in [1.54, 1.807) is 6.07 Å². The molecule has 0 saturated carbocycles. The number of nitrogens with two attached hydrogens (primary N) is 1. The lowest BCUT2D eigenvalue weighted by atomic mass is 9.91. The van der Waals surface area contributed by atoms with Gasteiger partial charge in [-0.05, 0) is 41.5 Å². The van der Waals surface area contributed by atoms with Gasteiger partial charge in [0.1, 0.15) is 5.82 Å². The number of benzene rings is 1. The largest absolute Gasteiger partial charge is 0.326 e. The van der Waals surface area contributed by atoms with Crippen molar-refractivity contribution in [2.24, 2.45) is 17.6 Å². The predicted molar refractivity (Wildman–Crippen MR) is 72.5 cm³/mol. The van der Waals surface area contributed by atoms with Gasteiger partial charge in [-0.15, -0.1) is 0 Å². The zero-order valence-electron chi connectivity index (χ0n) is 11.3. The van der Waals surface area contributed by atoms with Crippen molar-refractivity contribution >= 4 is 0 Å². The van der Waals surface area contributed by atoms with Crippen molar-refractivity contribution in [2.45, 2.75) is 33.4 Å². The number of halogens is 1. The molecule has 2 rings (SSSR count). The molecule has 0 aliphatic carbocycles. The summed E-state index contributed by atoms with van der Waals surface area (Å²) in [6, 6.07) is 5.17. The molecule has 3 heteroatoms. The van der Waals surface area contributed by atoms with E-state index in [4.69, 9.17) is 5.73 Å². The van der Waals surface area contributed by atoms with Crippen LogP contribution in [0.1, 0.15) is 31.4 Å². The van der Waals surface area contributed by atoms with Gasteiger partial charge in [0.05, 0.1) is 0 Å². The third-order valence-corrected chi connectivity index (χ3v) is 3.60. The van der Waals surface area contributed by atoms with E-state index in [0.29, 0.717) is 6.54 Å². The summed E-state index contributed by atoms with van der Waals surface area (Å²) in [6.07, 6.45) is 1.30. The van der Waals surface area contributed by atoms with E-state index < -0.39 is 0 Å². The van der Waals surface area contributed by atoms with Gasteiger partial charge in [0.15, 0.2) is 0 Å². The number of nitrogens with zero attached hydrogens (tertiary/aromatic N) is 1. The van der Waals surface area contributed by atoms with Crippen LogP contribution in [0.5, 0.6) is 0 Å². The highest BCUT2D eigenvalue weighted by molar-refractivity contribution is 5.24. The number of likely N-dealkylation sites (tertiary alicyclic amines) is 1. The van der Waals surface area contributed by atoms with Gasteiger partial charge < -0.3 is 5.73 Å². The Morgan fingerprint density at radius 3 is 2.39 bits per heavy atom. The fourth-order valence-electron chi connectivity index (χ4n) is 3.11. The van der Waals surface area contributed by atoms with Crippen LogP contribution in [-0.4, -0.2) is 18.0 Å². The van der Waals surface area contributed by atoms with Gasteiger partial charge in [0, 0.05) is 26.2 Å². The molecule has 0 amide bonds. The highest BCUT2D eigenvalue weighted by atomic mass is 19.1. The smallest absolute Gasteiger partial charge is 0.123 e. The van der Waals surface area contributed by atoms with Crippen LogP contribution in [0.15, 0.2) is 18.2 Å². The van der Waals surface area contributed by atoms with E-state index in [1.165, 1.54) is 12.5 Å². The van der Waals surface area contributed by atoms with Crippen molar-refractivity contribution in [2.75, 3.05) is 13.1 Å². The summed E-state index contributed by atoms with van der Waals surface area (Å²) in [5, 5.41) is 0. The Balaban J connectivity index is 2.06. The number of hydrogen-bond acceptors (Lipinski definition) is 2. The zero-order valence-corrected chi connectivity index (χ0v) is 11.3. The van der Waals surface area contributed by atoms with Gasteiger partial charge in [-0.1, -0.05) is 19.9 Å². The minimum atomic E-state index is -0.175. The van der Waals surface area contributed by atoms with Gasteiger partial charge in [-0.25, -0.2) is 4.39 Å². The number of rotatable bonds is 3. The monoisotopic (exact) mass is 250 g/mol. The summed E-state index contributed by atoms with van der Waals surface area (Å²) < 4.78 is 13.4. The van der Waals surface area contributed by atoms with Gasteiger partial charge in [-0.2, -0.15) is 0 Å². The first-order valence-corrected chi connectivity index (χ1v) is 6.77. The van der Waals surface area contributed by atoms with Crippen molar-refractivity contribution in [3.63, 3.8) is 0 Å². The second-order valence-corrected chi connectivity index (χ2v) is 5.81. The maximum atomic E-state index is 13.4. The summed E-state index contributed by atoms with van der Waals surface area (Å²) >= 11 is 0. The summed E-state index contributed by atoms with van der Waals surface area (Å²) in [6.45, 7) is 8.04. The molecule has 0 radical (unpaired) electrons. The number of piperidine rings is 1. The average molecular weight is 250 g/mol. The molecule has 1 fully saturated rings. The Hall–Kier alpha value is -0.930. The van der Waals surface area contributed by atoms with E-state index in [-0.39, 0.29) is 5.82 Å². The number of hydrogen-bond donors (Lipinski definition) is 1. The molecule has 1 saturated heterocycles. The first-order chi connectivity index (χ1) is 8.56. The van der Waals surface area contributed by atoms with Crippen LogP contribution in [0.3, 0.4) is 0 Å². The molecule has 1 aliphatic rings. The van der Waals surface area contributed by atoms with Crippen LogP contribution in [0.4, 0.5) is 4.39 Å². The van der Waals surface area contributed by atoms with E-state index in [1.807, 2.05) is 6.07 Å². The average Bonchev–Trinajstić information content (AvgIpc) is 2.26. The van der Waals surface area contributed by atoms with Crippen LogP contribution >= 0.6 is 0 Å². The van der Waals surface area contributed by atoms with Crippen LogP contribution in [0, 0.1) is 17.7 Å². The molecule has 2 nitrogen and oxygen atoms in total. The van der Waals surface area contributed by atoms with Gasteiger partial charge in [-0.3, -0.25) is 4.90 Å². The molecule has 18 heavy (non-hydrogen) atoms. The standard InChI is InChI=1S/C15H23FN2/c1-11-3-12(2)9-18(8-11)10-14-4-13(7-17)5-15(16)6-14/h4-6,11-12H,3,7-10,17H2,1-2H3. The Morgan fingerprint density at radius 2 is 1.78 bits per heavy atom. The van der Waals surface area contributed by atoms with Crippen LogP contribution in [-0.2, 0) is 13.1 Å². The Morgan fingerprint density at radius 1 is 1.17 bits per heavy atom. The zero-order chi connectivity index (χ0) is 13.1. The minimum absolute atomic E-state index is 0.175. The highest BCUT2D eigenvalue weighted by Gasteiger charge is 2.21. The molecule has 100 valence electrons. The summed E-state index contributed by atoms with van der Waals surface area (Å²) in [5.41, 5.74) is 7.50. The lowest BCUT2D eigenvalue weighted by Crippen LogP contribution is -2.38. The Labute approximate surface area is 109 Å².